The maximum Gasteiger partial charge on any atom is 0 e. The molecule has 8 aromatic rings. The Labute approximate surface area is 330 Å². The number of imidazole rings is 1. The van der Waals surface area contributed by atoms with E-state index in [1.54, 1.807) is 4.40 Å². The zero-order valence-corrected chi connectivity index (χ0v) is 36.4. The summed E-state index contributed by atoms with van der Waals surface area (Å²) in [5, 5.41) is 2.19. The maximum absolute atomic E-state index is 6.34. The van der Waals surface area contributed by atoms with Crippen molar-refractivity contribution < 1.29 is 24.5 Å². The van der Waals surface area contributed by atoms with Crippen LogP contribution in [0, 0.1) is 18.1 Å². The van der Waals surface area contributed by atoms with Gasteiger partial charge in [-0.25, -0.2) is 0 Å². The molecule has 0 N–H and O–H groups in total. The second kappa shape index (κ2) is 15.6. The van der Waals surface area contributed by atoms with E-state index in [1.165, 1.54) is 11.1 Å². The third kappa shape index (κ3) is 7.99. The van der Waals surface area contributed by atoms with Crippen LogP contribution in [0.25, 0.3) is 61.3 Å². The largest absolute Gasteiger partial charge is 0 e. The van der Waals surface area contributed by atoms with E-state index in [9.17, 15) is 0 Å². The van der Waals surface area contributed by atoms with E-state index in [1.807, 2.05) is 48.5 Å². The van der Waals surface area contributed by atoms with Gasteiger partial charge in [-0.3, -0.25) is 4.98 Å². The molecule has 6 heteroatoms. The van der Waals surface area contributed by atoms with Crippen LogP contribution in [0.4, 0.5) is 0 Å². The fraction of sp³-hybridized carbons (Fsp3) is 0.234. The minimum Gasteiger partial charge on any atom is 0 e. The Morgan fingerprint density at radius 2 is 1.51 bits per heavy atom. The van der Waals surface area contributed by atoms with Crippen LogP contribution >= 0.6 is 0 Å². The molecule has 0 aliphatic carbocycles. The summed E-state index contributed by atoms with van der Waals surface area (Å²) < 4.78 is 10.1. The summed E-state index contributed by atoms with van der Waals surface area (Å²) in [7, 11) is 0. The average molecular weight is 935 g/mol. The minimum absolute atomic E-state index is 0. The molecule has 0 bridgehead atoms. The predicted octanol–water partition coefficient (Wildman–Crippen LogP) is 12.0. The molecule has 0 atom stereocenters. The minimum atomic E-state index is -1.86. The van der Waals surface area contributed by atoms with Gasteiger partial charge >= 0.3 is 126 Å². The smallest absolute Gasteiger partial charge is 0 e. The average Bonchev–Trinajstić information content (AvgIpc) is 3.70. The van der Waals surface area contributed by atoms with Crippen LogP contribution in [0.1, 0.15) is 45.7 Å². The molecule has 3 heterocycles. The SMILES string of the molecule is CC(C)(C)c1ccccc1-n1c(-c2[c-]ccc3c2oc2ccccc23)nc2ccccc21.CC(C)Cc1cc(-c2[c-]cccc2)nc[c]1[Ge]([CH3])([CH3])[CH3].[Ir]. The molecule has 0 amide bonds. The monoisotopic (exact) mass is 936 g/mol. The van der Waals surface area contributed by atoms with Crippen LogP contribution in [0.15, 0.2) is 126 Å². The van der Waals surface area contributed by atoms with Crippen molar-refractivity contribution in [2.24, 2.45) is 5.92 Å². The van der Waals surface area contributed by atoms with Gasteiger partial charge in [-0.05, 0) is 35.2 Å². The maximum atomic E-state index is 6.34. The normalized spacial score (nSPS) is 11.9. The summed E-state index contributed by atoms with van der Waals surface area (Å²) in [6.45, 7) is 11.3. The first-order valence-corrected chi connectivity index (χ1v) is 25.6. The molecule has 0 spiro atoms. The number of para-hydroxylation sites is 4. The van der Waals surface area contributed by atoms with Crippen molar-refractivity contribution in [2.45, 2.75) is 63.7 Å². The fourth-order valence-electron chi connectivity index (χ4n) is 7.08. The molecule has 5 aromatic carbocycles. The molecule has 0 aliphatic heterocycles. The molecule has 1 radical (unpaired) electrons. The van der Waals surface area contributed by atoms with Gasteiger partial charge in [0.15, 0.2) is 0 Å². The fourth-order valence-corrected chi connectivity index (χ4v) is 10.4. The van der Waals surface area contributed by atoms with Crippen molar-refractivity contribution in [1.82, 2.24) is 14.5 Å². The zero-order valence-electron chi connectivity index (χ0n) is 31.9. The number of hydrogen-bond donors (Lipinski definition) is 0. The Morgan fingerprint density at radius 1 is 0.792 bits per heavy atom. The van der Waals surface area contributed by atoms with Gasteiger partial charge in [0.1, 0.15) is 5.58 Å². The number of nitrogens with zero attached hydrogens (tertiary/aromatic N) is 3. The van der Waals surface area contributed by atoms with Crippen LogP contribution in [-0.2, 0) is 31.9 Å². The van der Waals surface area contributed by atoms with Gasteiger partial charge in [0.2, 0.25) is 0 Å². The van der Waals surface area contributed by atoms with Crippen LogP contribution in [0.2, 0.25) is 17.3 Å². The van der Waals surface area contributed by atoms with Gasteiger partial charge in [-0.15, -0.1) is 18.2 Å². The molecule has 3 aromatic heterocycles. The van der Waals surface area contributed by atoms with E-state index in [2.05, 4.69) is 142 Å². The van der Waals surface area contributed by atoms with E-state index >= 15 is 0 Å². The molecule has 8 rings (SSSR count). The van der Waals surface area contributed by atoms with Crippen molar-refractivity contribution in [1.29, 1.82) is 0 Å². The van der Waals surface area contributed by atoms with E-state index in [4.69, 9.17) is 14.4 Å². The third-order valence-electron chi connectivity index (χ3n) is 9.49. The van der Waals surface area contributed by atoms with E-state index < -0.39 is 13.3 Å². The number of hydrogen-bond acceptors (Lipinski definition) is 3. The van der Waals surface area contributed by atoms with Crippen molar-refractivity contribution in [3.05, 3.63) is 145 Å². The summed E-state index contributed by atoms with van der Waals surface area (Å²) in [6, 6.07) is 46.2. The second-order valence-corrected chi connectivity index (χ2v) is 26.6. The van der Waals surface area contributed by atoms with Crippen molar-refractivity contribution in [3.63, 3.8) is 0 Å². The molecule has 0 saturated carbocycles. The molecule has 0 saturated heterocycles. The number of aromatic nitrogens is 3. The molecule has 53 heavy (non-hydrogen) atoms. The summed E-state index contributed by atoms with van der Waals surface area (Å²) >= 11 is -1.86. The van der Waals surface area contributed by atoms with Crippen LogP contribution in [0.5, 0.6) is 0 Å². The Kier molecular flexibility index (Phi) is 11.3. The molecular formula is C47H47GeIrN3O-2. The Bertz CT molecular complexity index is 2500. The van der Waals surface area contributed by atoms with Crippen LogP contribution in [0.3, 0.4) is 0 Å². The van der Waals surface area contributed by atoms with E-state index in [-0.39, 0.29) is 25.5 Å². The van der Waals surface area contributed by atoms with E-state index in [0.29, 0.717) is 5.92 Å². The first-order valence-electron chi connectivity index (χ1n) is 18.3. The molecule has 271 valence electrons. The quantitative estimate of drug-likeness (QED) is 0.123. The molecule has 4 nitrogen and oxygen atoms in total. The molecular weight excluding hydrogens is 887 g/mol. The van der Waals surface area contributed by atoms with Gasteiger partial charge in [0.05, 0.1) is 22.4 Å². The predicted molar refractivity (Wildman–Crippen MR) is 221 cm³/mol. The van der Waals surface area contributed by atoms with E-state index in [0.717, 1.165) is 67.7 Å². The molecule has 0 aliphatic rings. The second-order valence-electron chi connectivity index (χ2n) is 16.1. The number of furan rings is 1. The Balaban J connectivity index is 0.000000199. The summed E-state index contributed by atoms with van der Waals surface area (Å²) in [4.78, 5) is 9.77. The number of benzene rings is 5. The van der Waals surface area contributed by atoms with Crippen molar-refractivity contribution >= 4 is 50.6 Å². The number of rotatable bonds is 6. The first-order chi connectivity index (χ1) is 24.9. The topological polar surface area (TPSA) is 43.9 Å². The van der Waals surface area contributed by atoms with Crippen molar-refractivity contribution in [3.8, 4) is 28.3 Å². The number of fused-ring (bicyclic) bond motifs is 4. The van der Waals surface area contributed by atoms with Crippen LogP contribution in [-0.4, -0.2) is 27.8 Å². The summed E-state index contributed by atoms with van der Waals surface area (Å²) in [5.74, 6) is 8.83. The molecule has 0 fully saturated rings. The molecule has 0 unspecified atom stereocenters. The zero-order chi connectivity index (χ0) is 36.6. The van der Waals surface area contributed by atoms with Gasteiger partial charge in [0.25, 0.3) is 0 Å². The van der Waals surface area contributed by atoms with Gasteiger partial charge in [0, 0.05) is 31.2 Å². The third-order valence-corrected chi connectivity index (χ3v) is 13.8. The summed E-state index contributed by atoms with van der Waals surface area (Å²) in [6.07, 6.45) is 3.27. The van der Waals surface area contributed by atoms with Gasteiger partial charge in [-0.2, -0.15) is 0 Å². The standard InChI is InChI=1S/C29H23N2O.C18H24GeN.Ir/c1-29(2,3)22-14-5-7-16-24(22)31-25-17-8-6-15-23(25)30-28(31)21-13-10-12-20-19-11-4-9-18-26(19)32-27(20)21;1-14(2)11-16-12-18(15-9-7-6-8-10-15)20-13-17(16)19(3,4)5;/h4-12,14-18H,1-3H3;6-9,12-14H,11H2,1-5H3;/q2*-1;. The van der Waals surface area contributed by atoms with Crippen molar-refractivity contribution in [2.75, 3.05) is 0 Å². The number of pyridine rings is 1. The van der Waals surface area contributed by atoms with Crippen LogP contribution < -0.4 is 4.40 Å². The van der Waals surface area contributed by atoms with Gasteiger partial charge < -0.3 is 8.98 Å². The first kappa shape index (κ1) is 38.4. The summed E-state index contributed by atoms with van der Waals surface area (Å²) in [5.41, 5.74) is 10.6. The Morgan fingerprint density at radius 3 is 2.25 bits per heavy atom. The van der Waals surface area contributed by atoms with Gasteiger partial charge in [-0.1, -0.05) is 80.3 Å². The Hall–Kier alpha value is -4.29.